The van der Waals surface area contributed by atoms with Gasteiger partial charge in [-0.05, 0) is 37.5 Å². The lowest BCUT2D eigenvalue weighted by molar-refractivity contribution is -0.153. The first kappa shape index (κ1) is 24.2. The van der Waals surface area contributed by atoms with Crippen LogP contribution in [0.5, 0.6) is 5.75 Å². The summed E-state index contributed by atoms with van der Waals surface area (Å²) in [6.07, 6.45) is 0. The fourth-order valence-electron chi connectivity index (χ4n) is 4.11. The minimum atomic E-state index is -0.818. The molecule has 8 heteroatoms. The van der Waals surface area contributed by atoms with E-state index in [1.54, 1.807) is 20.8 Å². The molecule has 0 radical (unpaired) electrons. The van der Waals surface area contributed by atoms with Gasteiger partial charge in [0.1, 0.15) is 23.5 Å². The number of benzene rings is 2. The molecule has 1 aliphatic rings. The summed E-state index contributed by atoms with van der Waals surface area (Å²) in [6, 6.07) is 17.8. The van der Waals surface area contributed by atoms with Gasteiger partial charge in [-0.15, -0.1) is 0 Å². The van der Waals surface area contributed by atoms with Gasteiger partial charge >= 0.3 is 5.97 Å². The number of amides is 1. The van der Waals surface area contributed by atoms with Crippen LogP contribution < -0.4 is 16.2 Å². The summed E-state index contributed by atoms with van der Waals surface area (Å²) in [6.45, 7) is 5.72. The maximum atomic E-state index is 13.4. The van der Waals surface area contributed by atoms with E-state index in [0.717, 1.165) is 16.7 Å². The minimum Gasteiger partial charge on any atom is -0.506 e. The summed E-state index contributed by atoms with van der Waals surface area (Å²) in [4.78, 5) is 38.2. The second-order valence-electron chi connectivity index (χ2n) is 9.48. The van der Waals surface area contributed by atoms with E-state index in [2.05, 4.69) is 10.6 Å². The van der Waals surface area contributed by atoms with E-state index in [1.807, 2.05) is 54.6 Å². The number of hydrogen-bond acceptors (Lipinski definition) is 6. The van der Waals surface area contributed by atoms with Crippen molar-refractivity contribution in [2.24, 2.45) is 0 Å². The Hall–Kier alpha value is -3.91. The lowest BCUT2D eigenvalue weighted by Gasteiger charge is -2.20. The van der Waals surface area contributed by atoms with Gasteiger partial charge in [0.25, 0.3) is 11.5 Å². The van der Waals surface area contributed by atoms with Gasteiger partial charge in [0.2, 0.25) is 0 Å². The van der Waals surface area contributed by atoms with Crippen molar-refractivity contribution in [2.45, 2.75) is 46.0 Å². The van der Waals surface area contributed by atoms with Gasteiger partial charge in [0.05, 0.1) is 6.54 Å². The first-order valence-electron chi connectivity index (χ1n) is 11.5. The van der Waals surface area contributed by atoms with Crippen molar-refractivity contribution in [1.29, 1.82) is 0 Å². The van der Waals surface area contributed by atoms with E-state index in [9.17, 15) is 19.5 Å². The quantitative estimate of drug-likeness (QED) is 0.473. The summed E-state index contributed by atoms with van der Waals surface area (Å²) >= 11 is 0. The first-order valence-corrected chi connectivity index (χ1v) is 11.5. The van der Waals surface area contributed by atoms with Crippen LogP contribution in [0.2, 0.25) is 0 Å². The SMILES string of the molecule is CC(C)(C)OC(=O)CNC(=O)c1c(O)c2c(n(Cc3ccc(-c4ccccc4)cc3)c1=O)CNC2. The molecule has 1 aliphatic heterocycles. The summed E-state index contributed by atoms with van der Waals surface area (Å²) in [5.41, 5.74) is 2.49. The van der Waals surface area contributed by atoms with Crippen molar-refractivity contribution < 1.29 is 19.4 Å². The Morgan fingerprint density at radius 3 is 2.34 bits per heavy atom. The maximum absolute atomic E-state index is 13.4. The zero-order valence-electron chi connectivity index (χ0n) is 20.1. The molecule has 2 heterocycles. The molecule has 0 spiro atoms. The number of nitrogens with zero attached hydrogens (tertiary/aromatic N) is 1. The second kappa shape index (κ2) is 9.76. The van der Waals surface area contributed by atoms with Crippen molar-refractivity contribution in [3.05, 3.63) is 87.3 Å². The summed E-state index contributed by atoms with van der Waals surface area (Å²) < 4.78 is 6.70. The molecule has 1 amide bonds. The number of ether oxygens (including phenoxy) is 1. The zero-order chi connectivity index (χ0) is 25.2. The number of hydrogen-bond donors (Lipinski definition) is 3. The molecule has 35 heavy (non-hydrogen) atoms. The average Bonchev–Trinajstić information content (AvgIpc) is 3.31. The smallest absolute Gasteiger partial charge is 0.325 e. The zero-order valence-corrected chi connectivity index (χ0v) is 20.1. The molecular formula is C27H29N3O5. The molecule has 8 nitrogen and oxygen atoms in total. The van der Waals surface area contributed by atoms with Gasteiger partial charge in [-0.3, -0.25) is 14.4 Å². The highest BCUT2D eigenvalue weighted by atomic mass is 16.6. The van der Waals surface area contributed by atoms with Crippen molar-refractivity contribution in [3.8, 4) is 16.9 Å². The minimum absolute atomic E-state index is 0.241. The molecule has 3 aromatic rings. The number of rotatable bonds is 6. The molecule has 4 rings (SSSR count). The van der Waals surface area contributed by atoms with Crippen LogP contribution in [0.1, 0.15) is 48.0 Å². The highest BCUT2D eigenvalue weighted by molar-refractivity contribution is 5.98. The molecule has 0 unspecified atom stereocenters. The molecule has 0 aliphatic carbocycles. The van der Waals surface area contributed by atoms with Gasteiger partial charge in [-0.1, -0.05) is 54.6 Å². The van der Waals surface area contributed by atoms with Gasteiger partial charge in [-0.25, -0.2) is 0 Å². The van der Waals surface area contributed by atoms with Crippen LogP contribution in [-0.2, 0) is 29.2 Å². The van der Waals surface area contributed by atoms with Crippen molar-refractivity contribution in [2.75, 3.05) is 6.54 Å². The van der Waals surface area contributed by atoms with E-state index in [0.29, 0.717) is 24.3 Å². The van der Waals surface area contributed by atoms with E-state index < -0.39 is 29.6 Å². The number of nitrogens with one attached hydrogen (secondary N) is 2. The Bertz CT molecular complexity index is 1310. The van der Waals surface area contributed by atoms with Crippen LogP contribution in [-0.4, -0.2) is 33.7 Å². The van der Waals surface area contributed by atoms with Crippen molar-refractivity contribution in [1.82, 2.24) is 15.2 Å². The third kappa shape index (κ3) is 5.44. The van der Waals surface area contributed by atoms with Gasteiger partial charge in [0, 0.05) is 24.3 Å². The van der Waals surface area contributed by atoms with E-state index in [-0.39, 0.29) is 17.9 Å². The Morgan fingerprint density at radius 2 is 1.69 bits per heavy atom. The molecule has 3 N–H and O–H groups in total. The maximum Gasteiger partial charge on any atom is 0.325 e. The lowest BCUT2D eigenvalue weighted by Crippen LogP contribution is -2.38. The highest BCUT2D eigenvalue weighted by Crippen LogP contribution is 2.28. The Morgan fingerprint density at radius 1 is 1.03 bits per heavy atom. The number of fused-ring (bicyclic) bond motifs is 1. The molecule has 0 saturated heterocycles. The number of carbonyl (C=O) groups is 2. The largest absolute Gasteiger partial charge is 0.506 e. The topological polar surface area (TPSA) is 110 Å². The molecule has 0 fully saturated rings. The fourth-order valence-corrected chi connectivity index (χ4v) is 4.11. The van der Waals surface area contributed by atoms with E-state index in [1.165, 1.54) is 4.57 Å². The molecule has 0 saturated carbocycles. The van der Waals surface area contributed by atoms with Crippen molar-refractivity contribution in [3.63, 3.8) is 0 Å². The first-order chi connectivity index (χ1) is 16.6. The lowest BCUT2D eigenvalue weighted by atomic mass is 10.0. The Balaban J connectivity index is 1.60. The number of esters is 1. The third-order valence-electron chi connectivity index (χ3n) is 5.69. The van der Waals surface area contributed by atoms with Gasteiger partial charge in [0.15, 0.2) is 0 Å². The molecule has 182 valence electrons. The summed E-state index contributed by atoms with van der Waals surface area (Å²) in [5.74, 6) is -1.81. The number of carbonyl (C=O) groups excluding carboxylic acids is 2. The molecular weight excluding hydrogens is 446 g/mol. The number of aromatic hydroxyl groups is 1. The van der Waals surface area contributed by atoms with Crippen LogP contribution in [0, 0.1) is 0 Å². The van der Waals surface area contributed by atoms with Crippen LogP contribution in [0.15, 0.2) is 59.4 Å². The predicted octanol–water partition coefficient (Wildman–Crippen LogP) is 2.94. The van der Waals surface area contributed by atoms with Gasteiger partial charge < -0.3 is 25.0 Å². The van der Waals surface area contributed by atoms with Crippen LogP contribution in [0.3, 0.4) is 0 Å². The van der Waals surface area contributed by atoms with Gasteiger partial charge in [-0.2, -0.15) is 0 Å². The fraction of sp³-hybridized carbons (Fsp3) is 0.296. The monoisotopic (exact) mass is 475 g/mol. The summed E-state index contributed by atoms with van der Waals surface area (Å²) in [7, 11) is 0. The van der Waals surface area contributed by atoms with E-state index in [4.69, 9.17) is 4.74 Å². The Kier molecular flexibility index (Phi) is 6.75. The van der Waals surface area contributed by atoms with E-state index >= 15 is 0 Å². The number of aromatic nitrogens is 1. The van der Waals surface area contributed by atoms with Crippen LogP contribution in [0.4, 0.5) is 0 Å². The molecule has 0 atom stereocenters. The van der Waals surface area contributed by atoms with Crippen LogP contribution >= 0.6 is 0 Å². The standard InChI is InChI=1S/C27H29N3O5/c1-27(2,3)35-22(31)15-29-25(33)23-24(32)20-13-28-14-21(20)30(26(23)34)16-17-9-11-19(12-10-17)18-7-5-4-6-8-18/h4-12,28,32H,13-16H2,1-3H3,(H,29,33). The number of pyridine rings is 1. The highest BCUT2D eigenvalue weighted by Gasteiger charge is 2.28. The molecule has 1 aromatic heterocycles. The third-order valence-corrected chi connectivity index (χ3v) is 5.69. The molecule has 2 aromatic carbocycles. The normalized spacial score (nSPS) is 12.8. The average molecular weight is 476 g/mol. The van der Waals surface area contributed by atoms with Crippen molar-refractivity contribution >= 4 is 11.9 Å². The Labute approximate surface area is 203 Å². The second-order valence-corrected chi connectivity index (χ2v) is 9.48. The van der Waals surface area contributed by atoms with Crippen LogP contribution in [0.25, 0.3) is 11.1 Å². The molecule has 0 bridgehead atoms. The summed E-state index contributed by atoms with van der Waals surface area (Å²) in [5, 5.41) is 16.3. The predicted molar refractivity (Wildman–Crippen MR) is 132 cm³/mol.